The van der Waals surface area contributed by atoms with Crippen LogP contribution in [0.3, 0.4) is 0 Å². The molecule has 78 valence electrons. The van der Waals surface area contributed by atoms with Gasteiger partial charge in [-0.3, -0.25) is 0 Å². The van der Waals surface area contributed by atoms with Crippen molar-refractivity contribution >= 4 is 15.9 Å². The van der Waals surface area contributed by atoms with Crippen LogP contribution in [-0.2, 0) is 5.92 Å². The zero-order chi connectivity index (χ0) is 10.8. The zero-order valence-corrected chi connectivity index (χ0v) is 9.01. The van der Waals surface area contributed by atoms with Crippen LogP contribution in [0.5, 0.6) is 5.75 Å². The predicted octanol–water partition coefficient (Wildman–Crippen LogP) is 2.54. The van der Waals surface area contributed by atoms with Gasteiger partial charge in [-0.05, 0) is 34.1 Å². The summed E-state index contributed by atoms with van der Waals surface area (Å²) in [6, 6.07) is 3.87. The first kappa shape index (κ1) is 11.4. The maximum absolute atomic E-state index is 13.0. The Bertz CT molecular complexity index is 329. The quantitative estimate of drug-likeness (QED) is 0.911. The van der Waals surface area contributed by atoms with Crippen LogP contribution in [0.4, 0.5) is 8.78 Å². The molecule has 0 heterocycles. The molecule has 1 aromatic carbocycles. The maximum atomic E-state index is 13.0. The van der Waals surface area contributed by atoms with Crippen molar-refractivity contribution < 1.29 is 18.6 Å². The van der Waals surface area contributed by atoms with E-state index in [9.17, 15) is 8.78 Å². The third-order valence-electron chi connectivity index (χ3n) is 1.77. The van der Waals surface area contributed by atoms with Crippen LogP contribution in [0.25, 0.3) is 0 Å². The summed E-state index contributed by atoms with van der Waals surface area (Å²) in [5.74, 6) is -2.74. The van der Waals surface area contributed by atoms with Crippen LogP contribution in [0.15, 0.2) is 22.7 Å². The molecule has 14 heavy (non-hydrogen) atoms. The molecule has 5 heteroatoms. The number of alkyl halides is 2. The average Bonchev–Trinajstić information content (AvgIpc) is 2.17. The summed E-state index contributed by atoms with van der Waals surface area (Å²) in [5, 5.41) is 8.47. The topological polar surface area (TPSA) is 29.5 Å². The Balaban J connectivity index is 3.08. The second-order valence-electron chi connectivity index (χ2n) is 2.71. The van der Waals surface area contributed by atoms with Crippen molar-refractivity contribution in [1.82, 2.24) is 0 Å². The van der Waals surface area contributed by atoms with Gasteiger partial charge >= 0.3 is 0 Å². The van der Waals surface area contributed by atoms with Gasteiger partial charge in [0.25, 0.3) is 5.92 Å². The average molecular weight is 267 g/mol. The lowest BCUT2D eigenvalue weighted by Crippen LogP contribution is -2.18. The van der Waals surface area contributed by atoms with Crippen molar-refractivity contribution in [3.05, 3.63) is 28.2 Å². The van der Waals surface area contributed by atoms with Gasteiger partial charge in [0.05, 0.1) is 11.6 Å². The fourth-order valence-corrected chi connectivity index (χ4v) is 1.53. The summed E-state index contributed by atoms with van der Waals surface area (Å²) in [6.45, 7) is -1.20. The van der Waals surface area contributed by atoms with Crippen LogP contribution < -0.4 is 4.74 Å². The lowest BCUT2D eigenvalue weighted by molar-refractivity contribution is -0.0556. The van der Waals surface area contributed by atoms with Gasteiger partial charge in [0.2, 0.25) is 0 Å². The molecule has 0 aliphatic rings. The Labute approximate surface area is 88.6 Å². The van der Waals surface area contributed by atoms with Gasteiger partial charge in [-0.15, -0.1) is 0 Å². The Hall–Kier alpha value is -0.680. The minimum atomic E-state index is -3.21. The smallest absolute Gasteiger partial charge is 0.295 e. The van der Waals surface area contributed by atoms with Gasteiger partial charge in [0, 0.05) is 5.56 Å². The SMILES string of the molecule is COc1ccc(C(F)(F)CO)cc1Br. The number of hydrogen-bond acceptors (Lipinski definition) is 2. The van der Waals surface area contributed by atoms with Crippen LogP contribution in [0, 0.1) is 0 Å². The first-order chi connectivity index (χ1) is 6.51. The molecule has 0 unspecified atom stereocenters. The van der Waals surface area contributed by atoms with E-state index >= 15 is 0 Å². The number of aliphatic hydroxyl groups excluding tert-OH is 1. The Morgan fingerprint density at radius 2 is 2.14 bits per heavy atom. The van der Waals surface area contributed by atoms with E-state index in [0.29, 0.717) is 10.2 Å². The molecule has 0 radical (unpaired) electrons. The van der Waals surface area contributed by atoms with Gasteiger partial charge < -0.3 is 9.84 Å². The van der Waals surface area contributed by atoms with E-state index in [1.165, 1.54) is 25.3 Å². The maximum Gasteiger partial charge on any atom is 0.295 e. The zero-order valence-electron chi connectivity index (χ0n) is 7.43. The molecular weight excluding hydrogens is 258 g/mol. The predicted molar refractivity (Wildman–Crippen MR) is 51.7 cm³/mol. The molecule has 0 saturated carbocycles. The third kappa shape index (κ3) is 2.22. The Kier molecular flexibility index (Phi) is 3.44. The summed E-state index contributed by atoms with van der Waals surface area (Å²) in [4.78, 5) is 0. The molecule has 1 aromatic rings. The molecule has 2 nitrogen and oxygen atoms in total. The minimum absolute atomic E-state index is 0.243. The highest BCUT2D eigenvalue weighted by Crippen LogP contribution is 2.33. The second-order valence-corrected chi connectivity index (χ2v) is 3.57. The lowest BCUT2D eigenvalue weighted by atomic mass is 10.1. The third-order valence-corrected chi connectivity index (χ3v) is 2.39. The van der Waals surface area contributed by atoms with Crippen molar-refractivity contribution in [2.75, 3.05) is 13.7 Å². The largest absolute Gasteiger partial charge is 0.496 e. The number of hydrogen-bond donors (Lipinski definition) is 1. The molecule has 0 amide bonds. The first-order valence-electron chi connectivity index (χ1n) is 3.84. The summed E-state index contributed by atoms with van der Waals surface area (Å²) >= 11 is 3.09. The van der Waals surface area contributed by atoms with Gasteiger partial charge in [-0.1, -0.05) is 0 Å². The molecule has 0 aliphatic carbocycles. The number of rotatable bonds is 3. The van der Waals surface area contributed by atoms with Crippen molar-refractivity contribution in [3.8, 4) is 5.75 Å². The number of methoxy groups -OCH3 is 1. The molecule has 0 spiro atoms. The monoisotopic (exact) mass is 266 g/mol. The molecule has 1 rings (SSSR count). The van der Waals surface area contributed by atoms with E-state index in [1.807, 2.05) is 0 Å². The van der Waals surface area contributed by atoms with Gasteiger partial charge in [-0.25, -0.2) is 0 Å². The van der Waals surface area contributed by atoms with E-state index in [1.54, 1.807) is 0 Å². The highest BCUT2D eigenvalue weighted by Gasteiger charge is 2.30. The van der Waals surface area contributed by atoms with Crippen molar-refractivity contribution in [2.24, 2.45) is 0 Å². The summed E-state index contributed by atoms with van der Waals surface area (Å²) in [6.07, 6.45) is 0. The van der Waals surface area contributed by atoms with E-state index in [2.05, 4.69) is 15.9 Å². The Morgan fingerprint density at radius 1 is 1.50 bits per heavy atom. The lowest BCUT2D eigenvalue weighted by Gasteiger charge is -2.14. The summed E-state index contributed by atoms with van der Waals surface area (Å²) in [5.41, 5.74) is -0.243. The molecule has 0 aliphatic heterocycles. The van der Waals surface area contributed by atoms with Crippen molar-refractivity contribution in [1.29, 1.82) is 0 Å². The Morgan fingerprint density at radius 3 is 2.57 bits per heavy atom. The van der Waals surface area contributed by atoms with Crippen LogP contribution >= 0.6 is 15.9 Å². The molecular formula is C9H9BrF2O2. The van der Waals surface area contributed by atoms with Crippen LogP contribution in [0.2, 0.25) is 0 Å². The number of benzene rings is 1. The highest BCUT2D eigenvalue weighted by molar-refractivity contribution is 9.10. The molecule has 0 fully saturated rings. The first-order valence-corrected chi connectivity index (χ1v) is 4.63. The number of halogens is 3. The summed E-state index contributed by atoms with van der Waals surface area (Å²) in [7, 11) is 1.45. The van der Waals surface area contributed by atoms with E-state index in [-0.39, 0.29) is 5.56 Å². The van der Waals surface area contributed by atoms with E-state index in [4.69, 9.17) is 9.84 Å². The molecule has 0 atom stereocenters. The van der Waals surface area contributed by atoms with Gasteiger partial charge in [-0.2, -0.15) is 8.78 Å². The van der Waals surface area contributed by atoms with E-state index < -0.39 is 12.5 Å². The van der Waals surface area contributed by atoms with Crippen LogP contribution in [0.1, 0.15) is 5.56 Å². The molecule has 1 N–H and O–H groups in total. The van der Waals surface area contributed by atoms with E-state index in [0.717, 1.165) is 0 Å². The normalized spacial score (nSPS) is 11.5. The number of aliphatic hydroxyl groups is 1. The highest BCUT2D eigenvalue weighted by atomic mass is 79.9. The summed E-state index contributed by atoms with van der Waals surface area (Å²) < 4.78 is 31.3. The standard InChI is InChI=1S/C9H9BrF2O2/c1-14-8-3-2-6(4-7(8)10)9(11,12)5-13/h2-4,13H,5H2,1H3. The fraction of sp³-hybridized carbons (Fsp3) is 0.333. The van der Waals surface area contributed by atoms with Gasteiger partial charge in [0.1, 0.15) is 12.4 Å². The molecule has 0 aromatic heterocycles. The number of ether oxygens (including phenoxy) is 1. The molecule has 0 bridgehead atoms. The molecule has 0 saturated heterocycles. The van der Waals surface area contributed by atoms with Gasteiger partial charge in [0.15, 0.2) is 0 Å². The van der Waals surface area contributed by atoms with Crippen molar-refractivity contribution in [2.45, 2.75) is 5.92 Å². The van der Waals surface area contributed by atoms with Crippen LogP contribution in [-0.4, -0.2) is 18.8 Å². The van der Waals surface area contributed by atoms with Crippen molar-refractivity contribution in [3.63, 3.8) is 0 Å². The second kappa shape index (κ2) is 4.23. The fourth-order valence-electron chi connectivity index (χ4n) is 0.985. The minimum Gasteiger partial charge on any atom is -0.496 e.